The van der Waals surface area contributed by atoms with Gasteiger partial charge in [-0.3, -0.25) is 0 Å². The summed E-state index contributed by atoms with van der Waals surface area (Å²) in [6, 6.07) is 41.6. The fourth-order valence-electron chi connectivity index (χ4n) is 6.89. The second-order valence-electron chi connectivity index (χ2n) is 11.5. The smallest absolute Gasteiger partial charge is 0.358 e. The van der Waals surface area contributed by atoms with E-state index < -0.39 is 0 Å². The summed E-state index contributed by atoms with van der Waals surface area (Å²) in [7, 11) is 0. The molecule has 0 amide bonds. The molecule has 41 heavy (non-hydrogen) atoms. The summed E-state index contributed by atoms with van der Waals surface area (Å²) in [4.78, 5) is 0. The number of benzene rings is 4. The van der Waals surface area contributed by atoms with Gasteiger partial charge in [0, 0.05) is 0 Å². The van der Waals surface area contributed by atoms with Crippen LogP contribution < -0.4 is 0 Å². The van der Waals surface area contributed by atoms with Gasteiger partial charge in [-0.25, -0.2) is 0 Å². The van der Waals surface area contributed by atoms with Crippen LogP contribution in [0.4, 0.5) is 0 Å². The van der Waals surface area contributed by atoms with E-state index in [9.17, 15) is 0 Å². The Bertz CT molecular complexity index is 1610. The van der Waals surface area contributed by atoms with Crippen LogP contribution in [0.3, 0.4) is 0 Å². The summed E-state index contributed by atoms with van der Waals surface area (Å²) in [5.74, 6) is 0. The predicted molar refractivity (Wildman–Crippen MR) is 176 cm³/mol. The minimum Gasteiger partial charge on any atom is -0.358 e. The Kier molecular flexibility index (Phi) is 9.39. The minimum atomic E-state index is 0. The first-order valence-corrected chi connectivity index (χ1v) is 14.1. The van der Waals surface area contributed by atoms with E-state index in [2.05, 4.69) is 123 Å². The molecule has 0 bridgehead atoms. The molecule has 0 nitrogen and oxygen atoms in total. The zero-order valence-corrected chi connectivity index (χ0v) is 28.5. The maximum Gasteiger partial charge on any atom is 4.00 e. The van der Waals surface area contributed by atoms with Crippen LogP contribution in [-0.2, 0) is 31.3 Å². The molecule has 0 N–H and O–H groups in total. The van der Waals surface area contributed by atoms with Crippen LogP contribution in [0.5, 0.6) is 0 Å². The van der Waals surface area contributed by atoms with Crippen molar-refractivity contribution < 1.29 is 25.8 Å². The molecule has 0 radical (unpaired) electrons. The first-order valence-electron chi connectivity index (χ1n) is 14.1. The van der Waals surface area contributed by atoms with Crippen LogP contribution in [0, 0.1) is 28.7 Å². The number of rotatable bonds is 4. The van der Waals surface area contributed by atoms with Crippen molar-refractivity contribution in [3.8, 4) is 22.3 Å². The van der Waals surface area contributed by atoms with E-state index in [-0.39, 0.29) is 46.1 Å². The summed E-state index contributed by atoms with van der Waals surface area (Å²) >= 11 is 0. The summed E-state index contributed by atoms with van der Waals surface area (Å²) in [6.07, 6.45) is 6.36. The molecule has 1 heteroatoms. The standard InChI is InChI=1S/C38H34.2CH3.Hf/c1-26-12-16-28(17-13-26)34-10-6-8-30-22-32(24-36(30)34)38(20-4-3-5-21-38)33-23-31-9-7-11-35(37(31)25-33)29-18-14-27(2)15-19-29;;;/h6-19,22-25H,3-5,20-21H2,1-2H3;2*1H3;/q-2;2*-1;+4. The average Bonchev–Trinajstić information content (AvgIpc) is 3.60. The maximum absolute atomic E-state index is 2.52. The topological polar surface area (TPSA) is 0 Å². The SMILES string of the molecule is Cc1ccc(-c2cccc3[cH-]c(C4(c5cc6c(-c7ccc(C)cc7)cccc6[cH-]5)CCCCC4)cc23)cc1.[CH3-].[CH3-].[Hf+4]. The van der Waals surface area contributed by atoms with E-state index in [0.717, 1.165) is 0 Å². The van der Waals surface area contributed by atoms with Crippen molar-refractivity contribution in [3.63, 3.8) is 0 Å². The third-order valence-electron chi connectivity index (χ3n) is 9.04. The molecule has 0 spiro atoms. The molecule has 1 aliphatic rings. The monoisotopic (exact) mass is 700 g/mol. The summed E-state index contributed by atoms with van der Waals surface area (Å²) in [6.45, 7) is 4.32. The molecule has 0 saturated heterocycles. The van der Waals surface area contributed by atoms with Crippen molar-refractivity contribution in [2.75, 3.05) is 0 Å². The first kappa shape index (κ1) is 30.9. The molecule has 0 unspecified atom stereocenters. The molecular weight excluding hydrogens is 659 g/mol. The minimum absolute atomic E-state index is 0. The largest absolute Gasteiger partial charge is 4.00 e. The molecule has 1 fully saturated rings. The van der Waals surface area contributed by atoms with Crippen molar-refractivity contribution in [3.05, 3.63) is 146 Å². The van der Waals surface area contributed by atoms with E-state index in [1.54, 1.807) is 0 Å². The van der Waals surface area contributed by atoms with Crippen LogP contribution >= 0.6 is 0 Å². The van der Waals surface area contributed by atoms with Gasteiger partial charge in [-0.15, -0.1) is 69.1 Å². The molecular formula is C40H40Hf. The van der Waals surface area contributed by atoms with Gasteiger partial charge in [0.2, 0.25) is 0 Å². The van der Waals surface area contributed by atoms with Gasteiger partial charge in [0.1, 0.15) is 0 Å². The fourth-order valence-corrected chi connectivity index (χ4v) is 6.89. The van der Waals surface area contributed by atoms with E-state index >= 15 is 0 Å². The Hall–Kier alpha value is -3.03. The van der Waals surface area contributed by atoms with Gasteiger partial charge < -0.3 is 14.9 Å². The molecule has 1 saturated carbocycles. The number of hydrogen-bond donors (Lipinski definition) is 0. The van der Waals surface area contributed by atoms with E-state index in [1.165, 1.54) is 98.2 Å². The second-order valence-corrected chi connectivity index (χ2v) is 11.5. The van der Waals surface area contributed by atoms with Gasteiger partial charge in [-0.05, 0) is 43.2 Å². The molecule has 204 valence electrons. The van der Waals surface area contributed by atoms with Crippen LogP contribution in [0.2, 0.25) is 0 Å². The number of fused-ring (bicyclic) bond motifs is 2. The first-order chi connectivity index (χ1) is 18.6. The summed E-state index contributed by atoms with van der Waals surface area (Å²) < 4.78 is 0. The quantitative estimate of drug-likeness (QED) is 0.127. The molecule has 1 aliphatic carbocycles. The van der Waals surface area contributed by atoms with Crippen molar-refractivity contribution in [1.29, 1.82) is 0 Å². The fraction of sp³-hybridized carbons (Fsp3) is 0.200. The molecule has 6 aromatic carbocycles. The molecule has 0 aromatic heterocycles. The van der Waals surface area contributed by atoms with Gasteiger partial charge in [-0.2, -0.15) is 12.1 Å². The van der Waals surface area contributed by atoms with Crippen LogP contribution in [0.25, 0.3) is 43.8 Å². The molecule has 0 heterocycles. The van der Waals surface area contributed by atoms with Crippen LogP contribution in [0.1, 0.15) is 54.4 Å². The molecule has 0 atom stereocenters. The van der Waals surface area contributed by atoms with Gasteiger partial charge in [-0.1, -0.05) is 102 Å². The number of aryl methyl sites for hydroxylation is 2. The second kappa shape index (κ2) is 12.5. The maximum atomic E-state index is 2.52. The van der Waals surface area contributed by atoms with Crippen LogP contribution in [-0.4, -0.2) is 0 Å². The zero-order chi connectivity index (χ0) is 25.7. The van der Waals surface area contributed by atoms with Crippen LogP contribution in [0.15, 0.2) is 109 Å². The Labute approximate surface area is 266 Å². The van der Waals surface area contributed by atoms with Gasteiger partial charge in [0.15, 0.2) is 0 Å². The van der Waals surface area contributed by atoms with Crippen molar-refractivity contribution in [2.24, 2.45) is 0 Å². The normalized spacial score (nSPS) is 14.2. The van der Waals surface area contributed by atoms with Gasteiger partial charge >= 0.3 is 25.8 Å². The van der Waals surface area contributed by atoms with E-state index in [4.69, 9.17) is 0 Å². The van der Waals surface area contributed by atoms with Gasteiger partial charge in [0.05, 0.1) is 0 Å². The van der Waals surface area contributed by atoms with E-state index in [1.807, 2.05) is 0 Å². The van der Waals surface area contributed by atoms with Crippen molar-refractivity contribution >= 4 is 21.5 Å². The summed E-state index contributed by atoms with van der Waals surface area (Å²) in [5.41, 5.74) is 11.0. The van der Waals surface area contributed by atoms with E-state index in [0.29, 0.717) is 0 Å². The zero-order valence-electron chi connectivity index (χ0n) is 24.9. The third kappa shape index (κ3) is 5.46. The third-order valence-corrected chi connectivity index (χ3v) is 9.04. The van der Waals surface area contributed by atoms with Crippen molar-refractivity contribution in [1.82, 2.24) is 0 Å². The molecule has 6 aromatic rings. The van der Waals surface area contributed by atoms with Gasteiger partial charge in [0.25, 0.3) is 0 Å². The Morgan fingerprint density at radius 2 is 0.951 bits per heavy atom. The Morgan fingerprint density at radius 3 is 1.37 bits per heavy atom. The number of hydrogen-bond acceptors (Lipinski definition) is 0. The Balaban J connectivity index is 0.00000129. The summed E-state index contributed by atoms with van der Waals surface area (Å²) in [5, 5.41) is 5.49. The average molecular weight is 699 g/mol. The molecule has 0 aliphatic heterocycles. The van der Waals surface area contributed by atoms with Crippen molar-refractivity contribution in [2.45, 2.75) is 51.4 Å². The Morgan fingerprint density at radius 1 is 0.537 bits per heavy atom. The predicted octanol–water partition coefficient (Wildman–Crippen LogP) is 11.5. The molecule has 7 rings (SSSR count).